The van der Waals surface area contributed by atoms with Crippen molar-refractivity contribution in [1.82, 2.24) is 0 Å². The van der Waals surface area contributed by atoms with Gasteiger partial charge < -0.3 is 0 Å². The first-order valence-electron chi connectivity index (χ1n) is 6.72. The molecule has 8 heteroatoms. The first kappa shape index (κ1) is 15.8. The molecular weight excluding hydrogens is 297 g/mol. The van der Waals surface area contributed by atoms with Gasteiger partial charge in [0.05, 0.1) is 11.5 Å². The van der Waals surface area contributed by atoms with Crippen molar-refractivity contribution < 1.29 is 30.6 Å². The Labute approximate surface area is 115 Å². The zero-order valence-electron chi connectivity index (χ0n) is 10.9. The summed E-state index contributed by atoms with van der Waals surface area (Å²) in [5.74, 6) is -0.147. The molecule has 2 rings (SSSR count). The highest BCUT2D eigenvalue weighted by molar-refractivity contribution is 7.87. The molecule has 1 spiro atoms. The Morgan fingerprint density at radius 3 is 2.30 bits per heavy atom. The van der Waals surface area contributed by atoms with Crippen LogP contribution in [-0.4, -0.2) is 25.8 Å². The topological polar surface area (TPSA) is 60.4 Å². The molecule has 0 N–H and O–H groups in total. The number of rotatable bonds is 2. The van der Waals surface area contributed by atoms with Gasteiger partial charge in [0.25, 0.3) is 0 Å². The van der Waals surface area contributed by atoms with Crippen LogP contribution < -0.4 is 0 Å². The SMILES string of the molecule is O=C1CCCCC12CCCCC2OS(=O)(=O)C(F)(F)F. The van der Waals surface area contributed by atoms with Crippen molar-refractivity contribution in [3.8, 4) is 0 Å². The Morgan fingerprint density at radius 2 is 1.70 bits per heavy atom. The van der Waals surface area contributed by atoms with Crippen molar-refractivity contribution in [2.24, 2.45) is 5.41 Å². The maximum atomic E-state index is 12.4. The Kier molecular flexibility index (Phi) is 4.17. The maximum Gasteiger partial charge on any atom is 0.523 e. The van der Waals surface area contributed by atoms with Gasteiger partial charge in [0.1, 0.15) is 5.78 Å². The molecule has 2 aliphatic carbocycles. The Morgan fingerprint density at radius 1 is 1.10 bits per heavy atom. The van der Waals surface area contributed by atoms with Gasteiger partial charge in [-0.05, 0) is 25.7 Å². The highest BCUT2D eigenvalue weighted by Crippen LogP contribution is 2.48. The molecule has 2 fully saturated rings. The van der Waals surface area contributed by atoms with Crippen LogP contribution in [0.15, 0.2) is 0 Å². The second-order valence-electron chi connectivity index (χ2n) is 5.52. The second-order valence-corrected chi connectivity index (χ2v) is 7.08. The molecule has 0 radical (unpaired) electrons. The fraction of sp³-hybridized carbons (Fsp3) is 0.917. The molecule has 0 saturated heterocycles. The van der Waals surface area contributed by atoms with Gasteiger partial charge in [0, 0.05) is 6.42 Å². The van der Waals surface area contributed by atoms with Crippen LogP contribution in [-0.2, 0) is 19.1 Å². The predicted molar refractivity (Wildman–Crippen MR) is 64.2 cm³/mol. The fourth-order valence-corrected chi connectivity index (χ4v) is 3.97. The molecule has 2 atom stereocenters. The predicted octanol–water partition coefficient (Wildman–Crippen LogP) is 2.92. The summed E-state index contributed by atoms with van der Waals surface area (Å²) >= 11 is 0. The van der Waals surface area contributed by atoms with Crippen molar-refractivity contribution in [2.45, 2.75) is 63.0 Å². The van der Waals surface area contributed by atoms with Crippen LogP contribution in [0.2, 0.25) is 0 Å². The monoisotopic (exact) mass is 314 g/mol. The van der Waals surface area contributed by atoms with E-state index >= 15 is 0 Å². The van der Waals surface area contributed by atoms with Gasteiger partial charge in [-0.2, -0.15) is 21.6 Å². The lowest BCUT2D eigenvalue weighted by atomic mass is 9.63. The minimum absolute atomic E-state index is 0.147. The molecule has 0 aromatic heterocycles. The molecule has 0 aromatic rings. The average Bonchev–Trinajstić information content (AvgIpc) is 2.34. The number of carbonyl (C=O) groups is 1. The van der Waals surface area contributed by atoms with Crippen LogP contribution >= 0.6 is 0 Å². The van der Waals surface area contributed by atoms with Gasteiger partial charge in [-0.3, -0.25) is 8.98 Å². The van der Waals surface area contributed by atoms with Gasteiger partial charge in [-0.15, -0.1) is 0 Å². The van der Waals surface area contributed by atoms with Crippen molar-refractivity contribution >= 4 is 15.9 Å². The van der Waals surface area contributed by atoms with Crippen molar-refractivity contribution in [3.05, 3.63) is 0 Å². The summed E-state index contributed by atoms with van der Waals surface area (Å²) in [6, 6.07) is 0. The summed E-state index contributed by atoms with van der Waals surface area (Å²) in [7, 11) is -5.65. The van der Waals surface area contributed by atoms with E-state index in [4.69, 9.17) is 0 Å². The van der Waals surface area contributed by atoms with Gasteiger partial charge >= 0.3 is 15.6 Å². The number of ketones is 1. The van der Waals surface area contributed by atoms with E-state index in [9.17, 15) is 26.4 Å². The molecule has 2 aliphatic rings. The number of hydrogen-bond acceptors (Lipinski definition) is 4. The number of hydrogen-bond donors (Lipinski definition) is 0. The Bertz CT molecular complexity index is 479. The van der Waals surface area contributed by atoms with E-state index in [2.05, 4.69) is 4.18 Å². The van der Waals surface area contributed by atoms with Crippen molar-refractivity contribution in [3.63, 3.8) is 0 Å². The molecule has 0 bridgehead atoms. The molecular formula is C12H17F3O4S. The second kappa shape index (κ2) is 5.29. The fourth-order valence-electron chi connectivity index (χ4n) is 3.27. The van der Waals surface area contributed by atoms with E-state index in [1.807, 2.05) is 0 Å². The van der Waals surface area contributed by atoms with Crippen molar-refractivity contribution in [2.75, 3.05) is 0 Å². The molecule has 0 aromatic carbocycles. The number of carbonyl (C=O) groups excluding carboxylic acids is 1. The van der Waals surface area contributed by atoms with Crippen LogP contribution in [0, 0.1) is 5.41 Å². The normalized spacial score (nSPS) is 32.5. The van der Waals surface area contributed by atoms with E-state index in [0.29, 0.717) is 32.1 Å². The van der Waals surface area contributed by atoms with E-state index in [1.165, 1.54) is 0 Å². The standard InChI is InChI=1S/C12H17F3O4S/c13-12(14,15)20(17,18)19-10-6-2-4-8-11(10)7-3-1-5-9(11)16/h10H,1-8H2. The van der Waals surface area contributed by atoms with E-state index in [0.717, 1.165) is 12.8 Å². The highest BCUT2D eigenvalue weighted by atomic mass is 32.2. The summed E-state index contributed by atoms with van der Waals surface area (Å²) in [4.78, 5) is 12.2. The van der Waals surface area contributed by atoms with E-state index in [1.54, 1.807) is 0 Å². The molecule has 0 amide bonds. The Balaban J connectivity index is 2.26. The molecule has 4 nitrogen and oxygen atoms in total. The van der Waals surface area contributed by atoms with Gasteiger partial charge in [0.15, 0.2) is 0 Å². The zero-order chi connectivity index (χ0) is 15.0. The quantitative estimate of drug-likeness (QED) is 0.581. The lowest BCUT2D eigenvalue weighted by Gasteiger charge is -2.44. The van der Waals surface area contributed by atoms with Crippen LogP contribution in [0.5, 0.6) is 0 Å². The Hall–Kier alpha value is -0.630. The van der Waals surface area contributed by atoms with Crippen LogP contribution in [0.25, 0.3) is 0 Å². The first-order chi connectivity index (χ1) is 9.19. The van der Waals surface area contributed by atoms with E-state index < -0.39 is 27.1 Å². The molecule has 0 aliphatic heterocycles. The van der Waals surface area contributed by atoms with Gasteiger partial charge in [-0.1, -0.05) is 19.3 Å². The number of Topliss-reactive ketones (excluding diaryl/α,β-unsaturated/α-hetero) is 1. The molecule has 2 saturated carbocycles. The largest absolute Gasteiger partial charge is 0.523 e. The maximum absolute atomic E-state index is 12.4. The summed E-state index contributed by atoms with van der Waals surface area (Å²) < 4.78 is 64.2. The van der Waals surface area contributed by atoms with Crippen LogP contribution in [0.1, 0.15) is 51.4 Å². The third-order valence-corrected chi connectivity index (χ3v) is 5.37. The molecule has 0 heterocycles. The van der Waals surface area contributed by atoms with Crippen molar-refractivity contribution in [1.29, 1.82) is 0 Å². The molecule has 116 valence electrons. The number of halogens is 3. The zero-order valence-corrected chi connectivity index (χ0v) is 11.7. The van der Waals surface area contributed by atoms with Gasteiger partial charge in [0.2, 0.25) is 0 Å². The molecule has 2 unspecified atom stereocenters. The minimum atomic E-state index is -5.65. The van der Waals surface area contributed by atoms with Crippen LogP contribution in [0.3, 0.4) is 0 Å². The summed E-state index contributed by atoms with van der Waals surface area (Å²) in [6.45, 7) is 0. The number of alkyl halides is 3. The lowest BCUT2D eigenvalue weighted by molar-refractivity contribution is -0.142. The summed E-state index contributed by atoms with van der Waals surface area (Å²) in [5, 5.41) is 0. The third kappa shape index (κ3) is 2.72. The highest BCUT2D eigenvalue weighted by Gasteiger charge is 2.54. The van der Waals surface area contributed by atoms with E-state index in [-0.39, 0.29) is 12.2 Å². The van der Waals surface area contributed by atoms with Crippen LogP contribution in [0.4, 0.5) is 13.2 Å². The third-order valence-electron chi connectivity index (χ3n) is 4.31. The minimum Gasteiger partial charge on any atom is -0.299 e. The summed E-state index contributed by atoms with van der Waals surface area (Å²) in [5.41, 5.74) is -6.47. The smallest absolute Gasteiger partial charge is 0.299 e. The average molecular weight is 314 g/mol. The lowest BCUT2D eigenvalue weighted by Crippen LogP contribution is -2.49. The first-order valence-corrected chi connectivity index (χ1v) is 8.13. The van der Waals surface area contributed by atoms with Gasteiger partial charge in [-0.25, -0.2) is 0 Å². The summed E-state index contributed by atoms with van der Waals surface area (Å²) in [6.07, 6.45) is 2.87. The molecule has 20 heavy (non-hydrogen) atoms.